The zero-order valence-electron chi connectivity index (χ0n) is 10.4. The molecule has 10 heteroatoms. The number of aromatic nitrogens is 1. The molecule has 0 amide bonds. The zero-order valence-corrected chi connectivity index (χ0v) is 12.8. The first-order valence-corrected chi connectivity index (χ1v) is 9.74. The van der Waals surface area contributed by atoms with Crippen molar-refractivity contribution in [2.45, 2.75) is 17.6 Å². The minimum absolute atomic E-state index is 0.0120. The van der Waals surface area contributed by atoms with Crippen molar-refractivity contribution in [2.24, 2.45) is 0 Å². The van der Waals surface area contributed by atoms with E-state index in [0.29, 0.717) is 12.1 Å². The van der Waals surface area contributed by atoms with Crippen LogP contribution in [-0.2, 0) is 19.9 Å². The molecular formula is C9H15N3O4S3. The number of sulfone groups is 1. The van der Waals surface area contributed by atoms with Gasteiger partial charge in [-0.25, -0.2) is 21.8 Å². The van der Waals surface area contributed by atoms with Gasteiger partial charge in [-0.05, 0) is 13.3 Å². The number of aryl methyl sites for hydroxylation is 1. The first kappa shape index (κ1) is 14.7. The largest absolute Gasteiger partial charge is 0.375 e. The fourth-order valence-corrected chi connectivity index (χ4v) is 6.22. The highest BCUT2D eigenvalue weighted by molar-refractivity contribution is 7.92. The minimum atomic E-state index is -3.70. The Kier molecular flexibility index (Phi) is 3.87. The van der Waals surface area contributed by atoms with E-state index in [9.17, 15) is 16.8 Å². The lowest BCUT2D eigenvalue weighted by Crippen LogP contribution is -2.33. The summed E-state index contributed by atoms with van der Waals surface area (Å²) in [5.41, 5.74) is 5.86. The summed E-state index contributed by atoms with van der Waals surface area (Å²) in [5, 5.41) is 0.193. The molecule has 2 heterocycles. The molecule has 0 atom stereocenters. The molecule has 0 saturated carbocycles. The van der Waals surface area contributed by atoms with E-state index >= 15 is 0 Å². The van der Waals surface area contributed by atoms with Crippen LogP contribution < -0.4 is 5.73 Å². The molecule has 2 N–H and O–H groups in total. The maximum Gasteiger partial charge on any atom is 0.254 e. The SMILES string of the molecule is Cc1nc(N)sc1S(=O)(=O)N1CCCS(=O)(=O)CC1. The lowest BCUT2D eigenvalue weighted by atomic mass is 10.5. The molecule has 0 aliphatic carbocycles. The molecule has 0 radical (unpaired) electrons. The highest BCUT2D eigenvalue weighted by atomic mass is 32.2. The number of sulfonamides is 1. The fraction of sp³-hybridized carbons (Fsp3) is 0.667. The molecule has 1 aromatic heterocycles. The van der Waals surface area contributed by atoms with Crippen LogP contribution in [0.1, 0.15) is 12.1 Å². The monoisotopic (exact) mass is 325 g/mol. The molecule has 2 rings (SSSR count). The average molecular weight is 325 g/mol. The summed E-state index contributed by atoms with van der Waals surface area (Å²) in [6.07, 6.45) is 0.314. The van der Waals surface area contributed by atoms with Crippen LogP contribution in [-0.4, -0.2) is 50.7 Å². The van der Waals surface area contributed by atoms with Gasteiger partial charge in [0.25, 0.3) is 10.0 Å². The fourth-order valence-electron chi connectivity index (χ4n) is 1.92. The number of hydrogen-bond donors (Lipinski definition) is 1. The number of anilines is 1. The van der Waals surface area contributed by atoms with Gasteiger partial charge in [0.2, 0.25) is 0 Å². The Hall–Kier alpha value is -0.710. The molecule has 0 bridgehead atoms. The van der Waals surface area contributed by atoms with Crippen molar-refractivity contribution in [3.05, 3.63) is 5.69 Å². The van der Waals surface area contributed by atoms with Gasteiger partial charge in [0.15, 0.2) is 19.2 Å². The third-order valence-corrected chi connectivity index (χ3v) is 8.05. The Morgan fingerprint density at radius 3 is 2.58 bits per heavy atom. The maximum absolute atomic E-state index is 12.4. The van der Waals surface area contributed by atoms with Gasteiger partial charge in [-0.2, -0.15) is 4.31 Å². The van der Waals surface area contributed by atoms with Gasteiger partial charge in [-0.15, -0.1) is 0 Å². The number of hydrogen-bond acceptors (Lipinski definition) is 7. The third-order valence-electron chi connectivity index (χ3n) is 2.86. The summed E-state index contributed by atoms with van der Waals surface area (Å²) < 4.78 is 49.2. The highest BCUT2D eigenvalue weighted by Crippen LogP contribution is 2.28. The number of nitrogen functional groups attached to an aromatic ring is 1. The molecule has 108 valence electrons. The molecule has 1 aliphatic rings. The van der Waals surface area contributed by atoms with Crippen molar-refractivity contribution in [3.63, 3.8) is 0 Å². The predicted molar refractivity (Wildman–Crippen MR) is 73.3 cm³/mol. The standard InChI is InChI=1S/C9H15N3O4S3/c1-7-8(17-9(10)11-7)19(15,16)12-3-2-5-18(13,14)6-4-12/h2-6H2,1H3,(H2,10,11). The maximum atomic E-state index is 12.4. The van der Waals surface area contributed by atoms with Crippen molar-refractivity contribution in [1.82, 2.24) is 9.29 Å². The molecule has 0 aromatic carbocycles. The smallest absolute Gasteiger partial charge is 0.254 e. The van der Waals surface area contributed by atoms with Crippen LogP contribution >= 0.6 is 11.3 Å². The Bertz CT molecular complexity index is 678. The van der Waals surface area contributed by atoms with Gasteiger partial charge < -0.3 is 5.73 Å². The molecular weight excluding hydrogens is 310 g/mol. The van der Waals surface area contributed by atoms with E-state index in [4.69, 9.17) is 5.73 Å². The van der Waals surface area contributed by atoms with E-state index in [1.807, 2.05) is 0 Å². The summed E-state index contributed by atoms with van der Waals surface area (Å²) in [4.78, 5) is 3.90. The van der Waals surface area contributed by atoms with Crippen molar-refractivity contribution in [1.29, 1.82) is 0 Å². The van der Waals surface area contributed by atoms with E-state index in [1.54, 1.807) is 6.92 Å². The lowest BCUT2D eigenvalue weighted by Gasteiger charge is -2.18. The van der Waals surface area contributed by atoms with Gasteiger partial charge in [-0.3, -0.25) is 0 Å². The Morgan fingerprint density at radius 1 is 1.32 bits per heavy atom. The summed E-state index contributed by atoms with van der Waals surface area (Å²) in [5.74, 6) is -0.109. The molecule has 0 unspecified atom stereocenters. The van der Waals surface area contributed by atoms with Crippen LogP contribution in [0.3, 0.4) is 0 Å². The van der Waals surface area contributed by atoms with Gasteiger partial charge in [0.1, 0.15) is 0 Å². The van der Waals surface area contributed by atoms with Crippen molar-refractivity contribution >= 4 is 36.3 Å². The molecule has 1 saturated heterocycles. The lowest BCUT2D eigenvalue weighted by molar-refractivity contribution is 0.435. The zero-order chi connectivity index (χ0) is 14.3. The second-order valence-corrected chi connectivity index (χ2v) is 9.80. The highest BCUT2D eigenvalue weighted by Gasteiger charge is 2.31. The van der Waals surface area contributed by atoms with Gasteiger partial charge in [0, 0.05) is 13.1 Å². The summed E-state index contributed by atoms with van der Waals surface area (Å²) in [6.45, 7) is 1.77. The van der Waals surface area contributed by atoms with E-state index in [-0.39, 0.29) is 33.9 Å². The van der Waals surface area contributed by atoms with Crippen molar-refractivity contribution in [3.8, 4) is 0 Å². The van der Waals surface area contributed by atoms with E-state index in [0.717, 1.165) is 11.3 Å². The summed E-state index contributed by atoms with van der Waals surface area (Å²) in [6, 6.07) is 0. The normalized spacial score (nSPS) is 21.1. The topological polar surface area (TPSA) is 110 Å². The molecule has 1 fully saturated rings. The van der Waals surface area contributed by atoms with Crippen LogP contribution in [0, 0.1) is 6.92 Å². The van der Waals surface area contributed by atoms with Crippen LogP contribution in [0.15, 0.2) is 4.21 Å². The van der Waals surface area contributed by atoms with Gasteiger partial charge in [0.05, 0.1) is 17.2 Å². The number of nitrogens with zero attached hydrogens (tertiary/aromatic N) is 2. The number of rotatable bonds is 2. The first-order valence-electron chi connectivity index (χ1n) is 5.66. The summed E-state index contributed by atoms with van der Waals surface area (Å²) in [7, 11) is -6.84. The van der Waals surface area contributed by atoms with Crippen molar-refractivity contribution < 1.29 is 16.8 Å². The van der Waals surface area contributed by atoms with E-state index in [1.165, 1.54) is 4.31 Å². The summed E-state index contributed by atoms with van der Waals surface area (Å²) >= 11 is 0.909. The van der Waals surface area contributed by atoms with Gasteiger partial charge in [-0.1, -0.05) is 11.3 Å². The average Bonchev–Trinajstić information content (AvgIpc) is 2.52. The van der Waals surface area contributed by atoms with Crippen LogP contribution in [0.25, 0.3) is 0 Å². The second kappa shape index (κ2) is 5.00. The first-order chi connectivity index (χ1) is 8.72. The van der Waals surface area contributed by atoms with E-state index < -0.39 is 19.9 Å². The Labute approximate surface area is 116 Å². The molecule has 7 nitrogen and oxygen atoms in total. The number of nitrogens with two attached hydrogens (primary N) is 1. The molecule has 0 spiro atoms. The minimum Gasteiger partial charge on any atom is -0.375 e. The van der Waals surface area contributed by atoms with Gasteiger partial charge >= 0.3 is 0 Å². The molecule has 1 aromatic rings. The van der Waals surface area contributed by atoms with Crippen LogP contribution in [0.2, 0.25) is 0 Å². The quantitative estimate of drug-likeness (QED) is 0.809. The Balaban J connectivity index is 2.33. The second-order valence-electron chi connectivity index (χ2n) is 4.33. The molecule has 19 heavy (non-hydrogen) atoms. The Morgan fingerprint density at radius 2 is 2.00 bits per heavy atom. The van der Waals surface area contributed by atoms with Crippen molar-refractivity contribution in [2.75, 3.05) is 30.3 Å². The van der Waals surface area contributed by atoms with Crippen LogP contribution in [0.5, 0.6) is 0 Å². The molecule has 1 aliphatic heterocycles. The number of thiazole rings is 1. The third kappa shape index (κ3) is 3.07. The van der Waals surface area contributed by atoms with Crippen LogP contribution in [0.4, 0.5) is 5.13 Å². The van der Waals surface area contributed by atoms with E-state index in [2.05, 4.69) is 4.98 Å². The predicted octanol–water partition coefficient (Wildman–Crippen LogP) is -0.157.